The Morgan fingerprint density at radius 3 is 2.64 bits per heavy atom. The molecule has 1 N–H and O–H groups in total. The van der Waals surface area contributed by atoms with Crippen LogP contribution in [0.15, 0.2) is 58.8 Å². The Morgan fingerprint density at radius 2 is 1.86 bits per heavy atom. The van der Waals surface area contributed by atoms with Gasteiger partial charge in [-0.25, -0.2) is 8.42 Å². The predicted octanol–water partition coefficient (Wildman–Crippen LogP) is 4.74. The number of thiophene rings is 1. The summed E-state index contributed by atoms with van der Waals surface area (Å²) in [4.78, 5) is 13.1. The number of carbonyl (C=O) groups is 1. The van der Waals surface area contributed by atoms with Crippen LogP contribution >= 0.6 is 22.9 Å². The van der Waals surface area contributed by atoms with E-state index in [1.807, 2.05) is 42.5 Å². The summed E-state index contributed by atoms with van der Waals surface area (Å²) < 4.78 is 28.1. The van der Waals surface area contributed by atoms with Gasteiger partial charge in [-0.2, -0.15) is 4.31 Å². The first-order valence-electron chi connectivity index (χ1n) is 9.02. The molecule has 2 heterocycles. The third kappa shape index (κ3) is 3.67. The van der Waals surface area contributed by atoms with E-state index in [1.54, 1.807) is 6.07 Å². The van der Waals surface area contributed by atoms with Gasteiger partial charge in [-0.15, -0.1) is 11.3 Å². The van der Waals surface area contributed by atoms with Crippen LogP contribution in [0.5, 0.6) is 0 Å². The van der Waals surface area contributed by atoms with Crippen LogP contribution in [0.2, 0.25) is 4.34 Å². The zero-order valence-electron chi connectivity index (χ0n) is 15.0. The number of anilines is 1. The molecule has 1 unspecified atom stereocenters. The molecule has 1 amide bonds. The van der Waals surface area contributed by atoms with Gasteiger partial charge in [-0.05, 0) is 36.4 Å². The van der Waals surface area contributed by atoms with Crippen LogP contribution in [0.1, 0.15) is 19.3 Å². The van der Waals surface area contributed by atoms with E-state index in [1.165, 1.54) is 10.4 Å². The Balaban J connectivity index is 1.63. The molecule has 2 aromatic carbocycles. The number of hydrogen-bond donors (Lipinski definition) is 1. The smallest absolute Gasteiger partial charge is 0.253 e. The molecule has 28 heavy (non-hydrogen) atoms. The van der Waals surface area contributed by atoms with Crippen molar-refractivity contribution < 1.29 is 13.2 Å². The second-order valence-electron chi connectivity index (χ2n) is 6.70. The van der Waals surface area contributed by atoms with Crippen molar-refractivity contribution in [2.45, 2.75) is 29.5 Å². The number of hydrogen-bond acceptors (Lipinski definition) is 4. The fourth-order valence-corrected chi connectivity index (χ4v) is 6.83. The standard InChI is InChI=1S/C20H19ClN2O3S2/c21-18-11-12-19(27-18)28(25,26)23-13-4-3-10-17(23)20(24)22-16-9-5-7-14-6-1-2-8-15(14)16/h1-2,5-9,11-12,17H,3-4,10,13H2,(H,22,24). The molecule has 8 heteroatoms. The van der Waals surface area contributed by atoms with Crippen molar-refractivity contribution >= 4 is 55.3 Å². The lowest BCUT2D eigenvalue weighted by Gasteiger charge is -2.33. The number of rotatable bonds is 4. The summed E-state index contributed by atoms with van der Waals surface area (Å²) in [7, 11) is -3.76. The lowest BCUT2D eigenvalue weighted by atomic mass is 10.0. The van der Waals surface area contributed by atoms with E-state index in [9.17, 15) is 13.2 Å². The maximum Gasteiger partial charge on any atom is 0.253 e. The lowest BCUT2D eigenvalue weighted by molar-refractivity contribution is -0.120. The summed E-state index contributed by atoms with van der Waals surface area (Å²) in [6.45, 7) is 0.325. The Kier molecular flexibility index (Phi) is 5.42. The molecule has 3 aromatic rings. The zero-order chi connectivity index (χ0) is 19.7. The Labute approximate surface area is 173 Å². The molecule has 1 saturated heterocycles. The number of benzene rings is 2. The molecule has 1 aliphatic heterocycles. The minimum atomic E-state index is -3.76. The van der Waals surface area contributed by atoms with E-state index in [0.717, 1.165) is 35.0 Å². The molecular formula is C20H19ClN2O3S2. The van der Waals surface area contributed by atoms with Gasteiger partial charge < -0.3 is 5.32 Å². The van der Waals surface area contributed by atoms with Crippen molar-refractivity contribution in [3.8, 4) is 0 Å². The van der Waals surface area contributed by atoms with Crippen LogP contribution < -0.4 is 5.32 Å². The average molecular weight is 435 g/mol. The van der Waals surface area contributed by atoms with Gasteiger partial charge in [0.15, 0.2) is 0 Å². The third-order valence-electron chi connectivity index (χ3n) is 4.92. The number of halogens is 1. The van der Waals surface area contributed by atoms with Gasteiger partial charge in [0.2, 0.25) is 5.91 Å². The number of sulfonamides is 1. The fraction of sp³-hybridized carbons (Fsp3) is 0.250. The van der Waals surface area contributed by atoms with E-state index in [0.29, 0.717) is 23.0 Å². The van der Waals surface area contributed by atoms with Gasteiger partial charge in [0.25, 0.3) is 10.0 Å². The van der Waals surface area contributed by atoms with Gasteiger partial charge in [-0.3, -0.25) is 4.79 Å². The van der Waals surface area contributed by atoms with Gasteiger partial charge >= 0.3 is 0 Å². The number of nitrogens with one attached hydrogen (secondary N) is 1. The molecule has 0 aliphatic carbocycles. The van der Waals surface area contributed by atoms with Crippen molar-refractivity contribution in [3.63, 3.8) is 0 Å². The average Bonchev–Trinajstić information content (AvgIpc) is 3.15. The number of carbonyl (C=O) groups excluding carboxylic acids is 1. The van der Waals surface area contributed by atoms with Crippen molar-refractivity contribution in [2.75, 3.05) is 11.9 Å². The lowest BCUT2D eigenvalue weighted by Crippen LogP contribution is -2.49. The molecule has 1 aromatic heterocycles. The van der Waals surface area contributed by atoms with Crippen molar-refractivity contribution in [3.05, 3.63) is 58.9 Å². The van der Waals surface area contributed by atoms with Crippen LogP contribution in [0.4, 0.5) is 5.69 Å². The third-order valence-corrected chi connectivity index (χ3v) is 8.52. The molecule has 146 valence electrons. The molecule has 0 bridgehead atoms. The molecule has 4 rings (SSSR count). The van der Waals surface area contributed by atoms with E-state index >= 15 is 0 Å². The second kappa shape index (κ2) is 7.83. The van der Waals surface area contributed by atoms with Crippen LogP contribution in [0.25, 0.3) is 10.8 Å². The van der Waals surface area contributed by atoms with Gasteiger partial charge in [0, 0.05) is 17.6 Å². The highest BCUT2D eigenvalue weighted by Gasteiger charge is 2.38. The van der Waals surface area contributed by atoms with Crippen LogP contribution in [0, 0.1) is 0 Å². The van der Waals surface area contributed by atoms with Gasteiger partial charge in [-0.1, -0.05) is 54.4 Å². The Hall–Kier alpha value is -1.93. The first kappa shape index (κ1) is 19.4. The first-order chi connectivity index (χ1) is 13.5. The fourth-order valence-electron chi connectivity index (χ4n) is 3.56. The number of nitrogens with zero attached hydrogens (tertiary/aromatic N) is 1. The number of fused-ring (bicyclic) bond motifs is 1. The summed E-state index contributed by atoms with van der Waals surface area (Å²) in [5.41, 5.74) is 0.685. The molecule has 0 spiro atoms. The van der Waals surface area contributed by atoms with Crippen LogP contribution in [-0.4, -0.2) is 31.2 Å². The van der Waals surface area contributed by atoms with Gasteiger partial charge in [0.05, 0.1) is 4.34 Å². The molecule has 1 aliphatic rings. The van der Waals surface area contributed by atoms with E-state index in [4.69, 9.17) is 11.6 Å². The maximum atomic E-state index is 13.1. The molecule has 1 fully saturated rings. The summed E-state index contributed by atoms with van der Waals surface area (Å²) in [6.07, 6.45) is 2.04. The van der Waals surface area contributed by atoms with Gasteiger partial charge in [0.1, 0.15) is 10.3 Å². The highest BCUT2D eigenvalue weighted by Crippen LogP contribution is 2.32. The molecule has 5 nitrogen and oxygen atoms in total. The molecular weight excluding hydrogens is 416 g/mol. The first-order valence-corrected chi connectivity index (χ1v) is 11.7. The second-order valence-corrected chi connectivity index (χ2v) is 10.5. The van der Waals surface area contributed by atoms with E-state index in [2.05, 4.69) is 5.32 Å². The number of piperidine rings is 1. The highest BCUT2D eigenvalue weighted by atomic mass is 35.5. The summed E-state index contributed by atoms with van der Waals surface area (Å²) >= 11 is 6.94. The zero-order valence-corrected chi connectivity index (χ0v) is 17.4. The minimum absolute atomic E-state index is 0.169. The molecule has 1 atom stereocenters. The molecule has 0 radical (unpaired) electrons. The monoisotopic (exact) mass is 434 g/mol. The Morgan fingerprint density at radius 1 is 1.07 bits per heavy atom. The van der Waals surface area contributed by atoms with E-state index < -0.39 is 16.1 Å². The van der Waals surface area contributed by atoms with Crippen molar-refractivity contribution in [1.82, 2.24) is 4.31 Å². The Bertz CT molecular complexity index is 1120. The minimum Gasteiger partial charge on any atom is -0.324 e. The summed E-state index contributed by atoms with van der Waals surface area (Å²) in [6, 6.07) is 15.8. The predicted molar refractivity (Wildman–Crippen MR) is 113 cm³/mol. The summed E-state index contributed by atoms with van der Waals surface area (Å²) in [5, 5.41) is 4.89. The van der Waals surface area contributed by atoms with Crippen molar-refractivity contribution in [2.24, 2.45) is 0 Å². The molecule has 0 saturated carbocycles. The summed E-state index contributed by atoms with van der Waals surface area (Å²) in [5.74, 6) is -0.303. The van der Waals surface area contributed by atoms with Crippen LogP contribution in [-0.2, 0) is 14.8 Å². The highest BCUT2D eigenvalue weighted by molar-refractivity contribution is 7.91. The number of amides is 1. The maximum absolute atomic E-state index is 13.1. The largest absolute Gasteiger partial charge is 0.324 e. The quantitative estimate of drug-likeness (QED) is 0.645. The van der Waals surface area contributed by atoms with E-state index in [-0.39, 0.29) is 10.1 Å². The van der Waals surface area contributed by atoms with Crippen LogP contribution in [0.3, 0.4) is 0 Å². The topological polar surface area (TPSA) is 66.5 Å². The normalized spacial score (nSPS) is 18.2. The van der Waals surface area contributed by atoms with Crippen molar-refractivity contribution in [1.29, 1.82) is 0 Å². The SMILES string of the molecule is O=C(Nc1cccc2ccccc12)C1CCCCN1S(=O)(=O)c1ccc(Cl)s1.